The third-order valence-electron chi connectivity index (χ3n) is 2.34. The van der Waals surface area contributed by atoms with Crippen LogP contribution in [0.2, 0.25) is 0 Å². The number of carbonyl (C=O) groups is 1. The average Bonchev–Trinajstić information content (AvgIpc) is 2.64. The SMILES string of the molecule is CC(C)Nc1nc(N)c(C(=O)NCCCN(C)C)s1. The molecule has 1 aromatic rings. The molecule has 6 nitrogen and oxygen atoms in total. The Labute approximate surface area is 118 Å². The summed E-state index contributed by atoms with van der Waals surface area (Å²) in [6, 6.07) is 0.265. The zero-order valence-corrected chi connectivity index (χ0v) is 12.8. The van der Waals surface area contributed by atoms with Gasteiger partial charge in [-0.05, 0) is 40.9 Å². The number of anilines is 2. The minimum Gasteiger partial charge on any atom is -0.382 e. The first-order valence-electron chi connectivity index (χ1n) is 6.36. The van der Waals surface area contributed by atoms with Crippen LogP contribution in [-0.4, -0.2) is 49.0 Å². The molecule has 4 N–H and O–H groups in total. The van der Waals surface area contributed by atoms with Crippen molar-refractivity contribution in [1.29, 1.82) is 0 Å². The van der Waals surface area contributed by atoms with Crippen molar-refractivity contribution in [2.75, 3.05) is 38.2 Å². The normalized spacial score (nSPS) is 11.1. The molecule has 0 atom stereocenters. The average molecular weight is 285 g/mol. The van der Waals surface area contributed by atoms with Crippen LogP contribution in [0, 0.1) is 0 Å². The molecule has 0 aliphatic carbocycles. The number of nitrogens with zero attached hydrogens (tertiary/aromatic N) is 2. The molecule has 7 heteroatoms. The molecule has 0 fully saturated rings. The number of thiazole rings is 1. The first kappa shape index (κ1) is 15.7. The lowest BCUT2D eigenvalue weighted by molar-refractivity contribution is 0.0957. The van der Waals surface area contributed by atoms with E-state index >= 15 is 0 Å². The van der Waals surface area contributed by atoms with E-state index in [-0.39, 0.29) is 11.9 Å². The minimum atomic E-state index is -0.148. The molecule has 0 aliphatic rings. The Balaban J connectivity index is 2.50. The highest BCUT2D eigenvalue weighted by Crippen LogP contribution is 2.25. The summed E-state index contributed by atoms with van der Waals surface area (Å²) < 4.78 is 0. The molecule has 1 aromatic heterocycles. The fourth-order valence-corrected chi connectivity index (χ4v) is 2.43. The summed E-state index contributed by atoms with van der Waals surface area (Å²) in [5.41, 5.74) is 5.76. The molecular weight excluding hydrogens is 262 g/mol. The number of hydrogen-bond donors (Lipinski definition) is 3. The summed E-state index contributed by atoms with van der Waals surface area (Å²) in [5, 5.41) is 6.69. The molecule has 1 heterocycles. The van der Waals surface area contributed by atoms with Gasteiger partial charge in [0, 0.05) is 12.6 Å². The van der Waals surface area contributed by atoms with E-state index in [1.807, 2.05) is 27.9 Å². The maximum Gasteiger partial charge on any atom is 0.265 e. The topological polar surface area (TPSA) is 83.3 Å². The Morgan fingerprint density at radius 3 is 2.74 bits per heavy atom. The molecule has 0 spiro atoms. The van der Waals surface area contributed by atoms with Crippen molar-refractivity contribution in [3.63, 3.8) is 0 Å². The van der Waals surface area contributed by atoms with Crippen LogP contribution in [0.4, 0.5) is 10.9 Å². The second-order valence-electron chi connectivity index (χ2n) is 4.95. The fourth-order valence-electron chi connectivity index (χ4n) is 1.48. The van der Waals surface area contributed by atoms with Gasteiger partial charge >= 0.3 is 0 Å². The van der Waals surface area contributed by atoms with E-state index in [1.165, 1.54) is 11.3 Å². The molecule has 0 bridgehead atoms. The number of nitrogen functional groups attached to an aromatic ring is 1. The quantitative estimate of drug-likeness (QED) is 0.656. The highest BCUT2D eigenvalue weighted by Gasteiger charge is 2.16. The largest absolute Gasteiger partial charge is 0.382 e. The van der Waals surface area contributed by atoms with Gasteiger partial charge < -0.3 is 21.3 Å². The van der Waals surface area contributed by atoms with Gasteiger partial charge in [0.15, 0.2) is 5.13 Å². The highest BCUT2D eigenvalue weighted by atomic mass is 32.1. The van der Waals surface area contributed by atoms with Crippen LogP contribution < -0.4 is 16.4 Å². The molecular formula is C12H23N5OS. The van der Waals surface area contributed by atoms with Gasteiger partial charge in [-0.1, -0.05) is 11.3 Å². The van der Waals surface area contributed by atoms with Gasteiger partial charge in [-0.25, -0.2) is 4.98 Å². The van der Waals surface area contributed by atoms with Gasteiger partial charge in [0.25, 0.3) is 5.91 Å². The summed E-state index contributed by atoms with van der Waals surface area (Å²) >= 11 is 1.29. The number of rotatable bonds is 7. The molecule has 1 rings (SSSR count). The van der Waals surface area contributed by atoms with E-state index in [2.05, 4.69) is 20.5 Å². The van der Waals surface area contributed by atoms with Crippen molar-refractivity contribution in [1.82, 2.24) is 15.2 Å². The summed E-state index contributed by atoms with van der Waals surface area (Å²) in [5.74, 6) is 0.142. The first-order valence-corrected chi connectivity index (χ1v) is 7.17. The number of carbonyl (C=O) groups excluding carboxylic acids is 1. The summed E-state index contributed by atoms with van der Waals surface area (Å²) in [4.78, 5) is 18.7. The number of hydrogen-bond acceptors (Lipinski definition) is 6. The second kappa shape index (κ2) is 7.30. The van der Waals surface area contributed by atoms with Gasteiger partial charge in [-0.15, -0.1) is 0 Å². The van der Waals surface area contributed by atoms with Gasteiger partial charge in [0.1, 0.15) is 10.7 Å². The van der Waals surface area contributed by atoms with Crippen molar-refractivity contribution in [2.24, 2.45) is 0 Å². The fraction of sp³-hybridized carbons (Fsp3) is 0.667. The van der Waals surface area contributed by atoms with Crippen LogP contribution in [0.1, 0.15) is 29.9 Å². The standard InChI is InChI=1S/C12H23N5OS/c1-8(2)15-12-16-10(13)9(19-12)11(18)14-6-5-7-17(3)4/h8H,5-7,13H2,1-4H3,(H,14,18)(H,15,16). The van der Waals surface area contributed by atoms with E-state index in [1.54, 1.807) is 0 Å². The highest BCUT2D eigenvalue weighted by molar-refractivity contribution is 7.18. The van der Waals surface area contributed by atoms with Gasteiger partial charge in [0.05, 0.1) is 0 Å². The zero-order chi connectivity index (χ0) is 14.4. The van der Waals surface area contributed by atoms with Crippen LogP contribution in [0.25, 0.3) is 0 Å². The third-order valence-corrected chi connectivity index (χ3v) is 3.34. The number of nitrogens with two attached hydrogens (primary N) is 1. The molecule has 0 saturated carbocycles. The maximum absolute atomic E-state index is 11.9. The van der Waals surface area contributed by atoms with Crippen LogP contribution in [-0.2, 0) is 0 Å². The smallest absolute Gasteiger partial charge is 0.265 e. The van der Waals surface area contributed by atoms with Crippen LogP contribution in [0.5, 0.6) is 0 Å². The molecule has 108 valence electrons. The summed E-state index contributed by atoms with van der Waals surface area (Å²) in [6.45, 7) is 5.61. The Hall–Kier alpha value is -1.34. The molecule has 0 aliphatic heterocycles. The monoisotopic (exact) mass is 285 g/mol. The first-order chi connectivity index (χ1) is 8.90. The van der Waals surface area contributed by atoms with Crippen molar-refractivity contribution in [2.45, 2.75) is 26.3 Å². The Morgan fingerprint density at radius 2 is 2.16 bits per heavy atom. The number of nitrogens with one attached hydrogen (secondary N) is 2. The predicted octanol–water partition coefficient (Wildman–Crippen LogP) is 1.23. The Morgan fingerprint density at radius 1 is 1.47 bits per heavy atom. The minimum absolute atomic E-state index is 0.148. The molecule has 0 saturated heterocycles. The van der Waals surface area contributed by atoms with E-state index in [0.29, 0.717) is 22.4 Å². The van der Waals surface area contributed by atoms with E-state index in [9.17, 15) is 4.79 Å². The molecule has 0 unspecified atom stereocenters. The van der Waals surface area contributed by atoms with Gasteiger partial charge in [-0.3, -0.25) is 4.79 Å². The lowest BCUT2D eigenvalue weighted by atomic mass is 10.4. The molecule has 1 amide bonds. The Bertz CT molecular complexity index is 416. The summed E-state index contributed by atoms with van der Waals surface area (Å²) in [7, 11) is 4.01. The molecule has 0 radical (unpaired) electrons. The van der Waals surface area contributed by atoms with Crippen molar-refractivity contribution in [3.8, 4) is 0 Å². The van der Waals surface area contributed by atoms with Crippen molar-refractivity contribution >= 4 is 28.2 Å². The van der Waals surface area contributed by atoms with Crippen molar-refractivity contribution < 1.29 is 4.79 Å². The van der Waals surface area contributed by atoms with Crippen molar-refractivity contribution in [3.05, 3.63) is 4.88 Å². The third kappa shape index (κ3) is 5.44. The molecule has 0 aromatic carbocycles. The summed E-state index contributed by atoms with van der Waals surface area (Å²) in [6.07, 6.45) is 0.911. The predicted molar refractivity (Wildman–Crippen MR) is 80.8 cm³/mol. The maximum atomic E-state index is 11.9. The number of aromatic nitrogens is 1. The van der Waals surface area contributed by atoms with E-state index < -0.39 is 0 Å². The lowest BCUT2D eigenvalue weighted by Gasteiger charge is -2.09. The van der Waals surface area contributed by atoms with Crippen LogP contribution in [0.3, 0.4) is 0 Å². The van der Waals surface area contributed by atoms with Gasteiger partial charge in [0.2, 0.25) is 0 Å². The zero-order valence-electron chi connectivity index (χ0n) is 12.0. The van der Waals surface area contributed by atoms with Crippen LogP contribution >= 0.6 is 11.3 Å². The van der Waals surface area contributed by atoms with E-state index in [0.717, 1.165) is 13.0 Å². The lowest BCUT2D eigenvalue weighted by Crippen LogP contribution is -2.27. The van der Waals surface area contributed by atoms with E-state index in [4.69, 9.17) is 5.73 Å². The second-order valence-corrected chi connectivity index (χ2v) is 5.94. The van der Waals surface area contributed by atoms with Crippen LogP contribution in [0.15, 0.2) is 0 Å². The number of amides is 1. The Kier molecular flexibility index (Phi) is 6.04. The molecule has 19 heavy (non-hydrogen) atoms. The van der Waals surface area contributed by atoms with Gasteiger partial charge in [-0.2, -0.15) is 0 Å².